The fourth-order valence-electron chi connectivity index (χ4n) is 2.17. The molecule has 1 saturated carbocycles. The molecular weight excluding hydrogens is 271 g/mol. The molecule has 1 atom stereocenters. The van der Waals surface area contributed by atoms with Crippen LogP contribution < -0.4 is 5.32 Å². The van der Waals surface area contributed by atoms with Gasteiger partial charge in [0.2, 0.25) is 0 Å². The maximum Gasteiger partial charge on any atom is 0.124 e. The van der Waals surface area contributed by atoms with Gasteiger partial charge in [-0.3, -0.25) is 5.32 Å². The van der Waals surface area contributed by atoms with Gasteiger partial charge in [-0.1, -0.05) is 6.07 Å². The lowest BCUT2D eigenvalue weighted by Crippen LogP contribution is -2.42. The van der Waals surface area contributed by atoms with Crippen LogP contribution in [0.1, 0.15) is 39.0 Å². The highest BCUT2D eigenvalue weighted by Gasteiger charge is 2.31. The van der Waals surface area contributed by atoms with E-state index in [0.717, 1.165) is 29.9 Å². The maximum atomic E-state index is 13.0. The average molecular weight is 292 g/mol. The molecule has 0 heterocycles. The summed E-state index contributed by atoms with van der Waals surface area (Å²) in [6, 6.07) is 9.66. The second-order valence-electron chi connectivity index (χ2n) is 5.63. The van der Waals surface area contributed by atoms with Crippen molar-refractivity contribution in [2.75, 3.05) is 5.75 Å². The molecule has 108 valence electrons. The van der Waals surface area contributed by atoms with Gasteiger partial charge in [-0.2, -0.15) is 5.26 Å². The summed E-state index contributed by atoms with van der Waals surface area (Å²) in [5, 5.41) is 12.7. The lowest BCUT2D eigenvalue weighted by atomic mass is 9.96. The smallest absolute Gasteiger partial charge is 0.124 e. The van der Waals surface area contributed by atoms with Crippen LogP contribution in [0.4, 0.5) is 4.39 Å². The number of rotatable bonds is 8. The standard InChI is InChI=1S/C16H21FN2S/c1-16(12-18,19-14-7-8-14)9-2-3-10-20-15-6-4-5-13(17)11-15/h4-6,11,14,19H,2-3,7-10H2,1H3. The second kappa shape index (κ2) is 7.10. The number of nitrogens with zero attached hydrogens (tertiary/aromatic N) is 1. The van der Waals surface area contributed by atoms with Crippen molar-refractivity contribution in [1.82, 2.24) is 5.32 Å². The van der Waals surface area contributed by atoms with Crippen LogP contribution in [0.3, 0.4) is 0 Å². The molecule has 0 amide bonds. The van der Waals surface area contributed by atoms with E-state index in [9.17, 15) is 9.65 Å². The zero-order valence-electron chi connectivity index (χ0n) is 11.9. The van der Waals surface area contributed by atoms with Crippen LogP contribution in [-0.2, 0) is 0 Å². The molecule has 1 N–H and O–H groups in total. The third-order valence-electron chi connectivity index (χ3n) is 3.48. The molecule has 2 nitrogen and oxygen atoms in total. The molecule has 1 aliphatic rings. The molecule has 0 radical (unpaired) electrons. The number of hydrogen-bond acceptors (Lipinski definition) is 3. The summed E-state index contributed by atoms with van der Waals surface area (Å²) >= 11 is 1.68. The van der Waals surface area contributed by atoms with E-state index in [1.807, 2.05) is 13.0 Å². The lowest BCUT2D eigenvalue weighted by molar-refractivity contribution is 0.402. The third-order valence-corrected chi connectivity index (χ3v) is 4.56. The molecule has 1 unspecified atom stereocenters. The van der Waals surface area contributed by atoms with Gasteiger partial charge in [0, 0.05) is 10.9 Å². The Morgan fingerprint density at radius 3 is 2.90 bits per heavy atom. The number of halogens is 1. The molecule has 4 heteroatoms. The zero-order chi connectivity index (χ0) is 14.4. The molecule has 0 aliphatic heterocycles. The molecule has 1 aromatic rings. The van der Waals surface area contributed by atoms with E-state index in [2.05, 4.69) is 11.4 Å². The normalized spacial score (nSPS) is 17.4. The maximum absolute atomic E-state index is 13.0. The van der Waals surface area contributed by atoms with Crippen LogP contribution in [-0.4, -0.2) is 17.3 Å². The Balaban J connectivity index is 1.64. The molecule has 0 aromatic heterocycles. The molecular formula is C16H21FN2S. The van der Waals surface area contributed by atoms with Crippen molar-refractivity contribution in [2.45, 2.75) is 55.5 Å². The van der Waals surface area contributed by atoms with Crippen molar-refractivity contribution in [2.24, 2.45) is 0 Å². The van der Waals surface area contributed by atoms with Crippen LogP contribution in [0.5, 0.6) is 0 Å². The highest BCUT2D eigenvalue weighted by molar-refractivity contribution is 7.99. The van der Waals surface area contributed by atoms with Crippen molar-refractivity contribution < 1.29 is 4.39 Å². The van der Waals surface area contributed by atoms with Crippen LogP contribution in [0.25, 0.3) is 0 Å². The van der Waals surface area contributed by atoms with E-state index in [4.69, 9.17) is 0 Å². The van der Waals surface area contributed by atoms with E-state index in [1.165, 1.54) is 18.9 Å². The Hall–Kier alpha value is -1.05. The van der Waals surface area contributed by atoms with Crippen LogP contribution in [0.15, 0.2) is 29.2 Å². The highest BCUT2D eigenvalue weighted by atomic mass is 32.2. The Labute approximate surface area is 124 Å². The number of hydrogen-bond donors (Lipinski definition) is 1. The van der Waals surface area contributed by atoms with Gasteiger partial charge >= 0.3 is 0 Å². The van der Waals surface area contributed by atoms with Gasteiger partial charge < -0.3 is 0 Å². The SMILES string of the molecule is CC(C#N)(CCCCSc1cccc(F)c1)NC1CC1. The molecule has 0 saturated heterocycles. The average Bonchev–Trinajstić information content (AvgIpc) is 3.22. The summed E-state index contributed by atoms with van der Waals surface area (Å²) in [7, 11) is 0. The van der Waals surface area contributed by atoms with Crippen molar-refractivity contribution in [3.05, 3.63) is 30.1 Å². The second-order valence-corrected chi connectivity index (χ2v) is 6.79. The van der Waals surface area contributed by atoms with Crippen molar-refractivity contribution in [3.8, 4) is 6.07 Å². The molecule has 2 rings (SSSR count). The first-order chi connectivity index (χ1) is 9.61. The fraction of sp³-hybridized carbons (Fsp3) is 0.562. The number of unbranched alkanes of at least 4 members (excludes halogenated alkanes) is 1. The van der Waals surface area contributed by atoms with E-state index < -0.39 is 0 Å². The first-order valence-electron chi connectivity index (χ1n) is 7.19. The topological polar surface area (TPSA) is 35.8 Å². The predicted molar refractivity (Wildman–Crippen MR) is 81.2 cm³/mol. The minimum Gasteiger partial charge on any atom is -0.297 e. The summed E-state index contributed by atoms with van der Waals surface area (Å²) in [5.41, 5.74) is -0.384. The Kier molecular flexibility index (Phi) is 5.45. The predicted octanol–water partition coefficient (Wildman–Crippen LogP) is 4.12. The number of benzene rings is 1. The molecule has 0 bridgehead atoms. The number of nitrogens with one attached hydrogen (secondary N) is 1. The van der Waals surface area contributed by atoms with Crippen molar-refractivity contribution >= 4 is 11.8 Å². The molecule has 1 fully saturated rings. The molecule has 1 aromatic carbocycles. The number of nitriles is 1. The Bertz CT molecular complexity index is 482. The van der Waals surface area contributed by atoms with E-state index in [0.29, 0.717) is 6.04 Å². The van der Waals surface area contributed by atoms with Gasteiger partial charge in [-0.15, -0.1) is 11.8 Å². The first kappa shape index (κ1) is 15.3. The fourth-order valence-corrected chi connectivity index (χ4v) is 3.12. The third kappa shape index (κ3) is 5.15. The van der Waals surface area contributed by atoms with E-state index in [-0.39, 0.29) is 11.4 Å². The van der Waals surface area contributed by atoms with Crippen molar-refractivity contribution in [3.63, 3.8) is 0 Å². The monoisotopic (exact) mass is 292 g/mol. The number of thioether (sulfide) groups is 1. The van der Waals surface area contributed by atoms with Gasteiger partial charge in [0.05, 0.1) is 6.07 Å². The minimum atomic E-state index is -0.384. The van der Waals surface area contributed by atoms with Gasteiger partial charge in [0.25, 0.3) is 0 Å². The molecule has 1 aliphatic carbocycles. The minimum absolute atomic E-state index is 0.180. The summed E-state index contributed by atoms with van der Waals surface area (Å²) in [4.78, 5) is 0.976. The first-order valence-corrected chi connectivity index (χ1v) is 8.17. The Morgan fingerprint density at radius 1 is 1.45 bits per heavy atom. The quantitative estimate of drug-likeness (QED) is 0.578. The van der Waals surface area contributed by atoms with Crippen LogP contribution >= 0.6 is 11.8 Å². The van der Waals surface area contributed by atoms with E-state index >= 15 is 0 Å². The largest absolute Gasteiger partial charge is 0.297 e. The summed E-state index contributed by atoms with van der Waals surface area (Å²) in [5.74, 6) is 0.787. The van der Waals surface area contributed by atoms with Gasteiger partial charge in [-0.05, 0) is 63.0 Å². The van der Waals surface area contributed by atoms with E-state index in [1.54, 1.807) is 23.9 Å². The van der Waals surface area contributed by atoms with Crippen LogP contribution in [0, 0.1) is 17.1 Å². The zero-order valence-corrected chi connectivity index (χ0v) is 12.7. The summed E-state index contributed by atoms with van der Waals surface area (Å²) in [6.45, 7) is 1.99. The summed E-state index contributed by atoms with van der Waals surface area (Å²) < 4.78 is 13.0. The van der Waals surface area contributed by atoms with Crippen molar-refractivity contribution in [1.29, 1.82) is 5.26 Å². The highest BCUT2D eigenvalue weighted by Crippen LogP contribution is 2.26. The van der Waals surface area contributed by atoms with Gasteiger partial charge in [-0.25, -0.2) is 4.39 Å². The molecule has 0 spiro atoms. The molecule has 20 heavy (non-hydrogen) atoms. The Morgan fingerprint density at radius 2 is 2.25 bits per heavy atom. The summed E-state index contributed by atoms with van der Waals surface area (Å²) in [6.07, 6.45) is 5.35. The lowest BCUT2D eigenvalue weighted by Gasteiger charge is -2.23. The van der Waals surface area contributed by atoms with Crippen LogP contribution in [0.2, 0.25) is 0 Å². The van der Waals surface area contributed by atoms with Gasteiger partial charge in [0.1, 0.15) is 11.4 Å². The van der Waals surface area contributed by atoms with Gasteiger partial charge in [0.15, 0.2) is 0 Å².